The van der Waals surface area contributed by atoms with Crippen LogP contribution in [-0.2, 0) is 13.1 Å². The zero-order valence-corrected chi connectivity index (χ0v) is 14.0. The maximum Gasteiger partial charge on any atom is 0.244 e. The van der Waals surface area contributed by atoms with Gasteiger partial charge in [-0.15, -0.1) is 5.10 Å². The molecule has 5 nitrogen and oxygen atoms in total. The molecule has 0 amide bonds. The quantitative estimate of drug-likeness (QED) is 0.725. The van der Waals surface area contributed by atoms with Crippen molar-refractivity contribution in [3.8, 4) is 0 Å². The standard InChI is InChI=1S/C19H21N5/c1-14-5-3-7-16(9-14)11-20-18-13-22-24-19(23-18)21-12-17-8-4-6-15(2)10-17/h3-10,13H,11-12H2,1-2H3,(H2,20,21,23,24). The van der Waals surface area contributed by atoms with Gasteiger partial charge < -0.3 is 10.6 Å². The van der Waals surface area contributed by atoms with Gasteiger partial charge in [-0.25, -0.2) is 0 Å². The molecule has 0 aliphatic heterocycles. The molecule has 0 spiro atoms. The number of anilines is 2. The zero-order valence-electron chi connectivity index (χ0n) is 14.0. The van der Waals surface area contributed by atoms with Gasteiger partial charge in [0, 0.05) is 13.1 Å². The van der Waals surface area contributed by atoms with E-state index in [9.17, 15) is 0 Å². The second-order valence-electron chi connectivity index (χ2n) is 5.85. The number of hydrogen-bond donors (Lipinski definition) is 2. The molecule has 3 rings (SSSR count). The maximum absolute atomic E-state index is 4.45. The SMILES string of the molecule is Cc1cccc(CNc2cnnc(NCc3cccc(C)c3)n2)c1. The van der Waals surface area contributed by atoms with E-state index in [0.29, 0.717) is 24.9 Å². The second-order valence-corrected chi connectivity index (χ2v) is 5.85. The number of hydrogen-bond acceptors (Lipinski definition) is 5. The van der Waals surface area contributed by atoms with E-state index in [1.54, 1.807) is 6.20 Å². The topological polar surface area (TPSA) is 62.7 Å². The maximum atomic E-state index is 4.45. The van der Waals surface area contributed by atoms with Crippen LogP contribution >= 0.6 is 0 Å². The van der Waals surface area contributed by atoms with E-state index in [1.165, 1.54) is 22.3 Å². The summed E-state index contributed by atoms with van der Waals surface area (Å²) in [5, 5.41) is 14.5. The lowest BCUT2D eigenvalue weighted by molar-refractivity contribution is 0.937. The van der Waals surface area contributed by atoms with Gasteiger partial charge in [-0.3, -0.25) is 0 Å². The molecule has 122 valence electrons. The van der Waals surface area contributed by atoms with Crippen LogP contribution < -0.4 is 10.6 Å². The lowest BCUT2D eigenvalue weighted by atomic mass is 10.1. The minimum absolute atomic E-state index is 0.519. The van der Waals surface area contributed by atoms with Gasteiger partial charge in [0.1, 0.15) is 0 Å². The molecule has 0 aliphatic carbocycles. The van der Waals surface area contributed by atoms with E-state index in [4.69, 9.17) is 0 Å². The van der Waals surface area contributed by atoms with Crippen LogP contribution in [0.4, 0.5) is 11.8 Å². The first kappa shape index (κ1) is 15.9. The Morgan fingerprint density at radius 2 is 1.46 bits per heavy atom. The zero-order chi connectivity index (χ0) is 16.8. The smallest absolute Gasteiger partial charge is 0.244 e. The van der Waals surface area contributed by atoms with Gasteiger partial charge in [0.15, 0.2) is 5.82 Å². The molecule has 1 heterocycles. The molecular weight excluding hydrogens is 298 g/mol. The fourth-order valence-corrected chi connectivity index (χ4v) is 2.48. The summed E-state index contributed by atoms with van der Waals surface area (Å²) in [4.78, 5) is 4.45. The molecule has 0 saturated heterocycles. The van der Waals surface area contributed by atoms with E-state index < -0.39 is 0 Å². The first-order valence-electron chi connectivity index (χ1n) is 7.97. The highest BCUT2D eigenvalue weighted by Crippen LogP contribution is 2.10. The third-order valence-corrected chi connectivity index (χ3v) is 3.65. The average molecular weight is 319 g/mol. The molecule has 2 aromatic carbocycles. The summed E-state index contributed by atoms with van der Waals surface area (Å²) in [6.07, 6.45) is 1.63. The van der Waals surface area contributed by atoms with Gasteiger partial charge in [-0.1, -0.05) is 59.7 Å². The molecule has 24 heavy (non-hydrogen) atoms. The summed E-state index contributed by atoms with van der Waals surface area (Å²) in [6, 6.07) is 16.7. The van der Waals surface area contributed by atoms with Crippen LogP contribution in [-0.4, -0.2) is 15.2 Å². The average Bonchev–Trinajstić information content (AvgIpc) is 2.59. The highest BCUT2D eigenvalue weighted by molar-refractivity contribution is 5.39. The summed E-state index contributed by atoms with van der Waals surface area (Å²) in [5.74, 6) is 1.23. The molecule has 1 aromatic heterocycles. The molecule has 5 heteroatoms. The Kier molecular flexibility index (Phi) is 5.01. The summed E-state index contributed by atoms with van der Waals surface area (Å²) < 4.78 is 0. The molecule has 0 atom stereocenters. The Labute approximate surface area is 142 Å². The van der Waals surface area contributed by atoms with Crippen LogP contribution in [0.1, 0.15) is 22.3 Å². The van der Waals surface area contributed by atoms with Crippen LogP contribution in [0.5, 0.6) is 0 Å². The van der Waals surface area contributed by atoms with Crippen LogP contribution in [0.25, 0.3) is 0 Å². The van der Waals surface area contributed by atoms with Gasteiger partial charge in [0.05, 0.1) is 6.20 Å². The Morgan fingerprint density at radius 3 is 2.08 bits per heavy atom. The highest BCUT2D eigenvalue weighted by Gasteiger charge is 2.01. The Morgan fingerprint density at radius 1 is 0.833 bits per heavy atom. The van der Waals surface area contributed by atoms with Crippen LogP contribution in [0, 0.1) is 13.8 Å². The fourth-order valence-electron chi connectivity index (χ4n) is 2.48. The molecular formula is C19H21N5. The van der Waals surface area contributed by atoms with Crippen molar-refractivity contribution in [2.24, 2.45) is 0 Å². The summed E-state index contributed by atoms with van der Waals surface area (Å²) in [5.41, 5.74) is 4.89. The molecule has 0 saturated carbocycles. The van der Waals surface area contributed by atoms with Crippen LogP contribution in [0.2, 0.25) is 0 Å². The predicted octanol–water partition coefficient (Wildman–Crippen LogP) is 3.71. The van der Waals surface area contributed by atoms with Gasteiger partial charge in [-0.2, -0.15) is 10.1 Å². The molecule has 3 aromatic rings. The third kappa shape index (κ3) is 4.52. The van der Waals surface area contributed by atoms with Gasteiger partial charge in [-0.05, 0) is 25.0 Å². The van der Waals surface area contributed by atoms with E-state index in [1.807, 2.05) is 6.07 Å². The van der Waals surface area contributed by atoms with Crippen molar-refractivity contribution in [1.82, 2.24) is 15.2 Å². The first-order chi connectivity index (χ1) is 11.7. The number of aromatic nitrogens is 3. The third-order valence-electron chi connectivity index (χ3n) is 3.65. The lowest BCUT2D eigenvalue weighted by Crippen LogP contribution is -2.08. The van der Waals surface area contributed by atoms with Crippen LogP contribution in [0.3, 0.4) is 0 Å². The number of rotatable bonds is 6. The van der Waals surface area contributed by atoms with Crippen LogP contribution in [0.15, 0.2) is 54.7 Å². The predicted molar refractivity (Wildman–Crippen MR) is 96.8 cm³/mol. The first-order valence-corrected chi connectivity index (χ1v) is 7.97. The van der Waals surface area contributed by atoms with E-state index in [-0.39, 0.29) is 0 Å². The Balaban J connectivity index is 1.59. The lowest BCUT2D eigenvalue weighted by Gasteiger charge is -2.08. The van der Waals surface area contributed by atoms with Crippen molar-refractivity contribution in [1.29, 1.82) is 0 Å². The number of nitrogens with zero attached hydrogens (tertiary/aromatic N) is 3. The number of aryl methyl sites for hydroxylation is 2. The largest absolute Gasteiger partial charge is 0.365 e. The van der Waals surface area contributed by atoms with Gasteiger partial charge in [0.25, 0.3) is 0 Å². The Hall–Kier alpha value is -2.95. The van der Waals surface area contributed by atoms with Crippen molar-refractivity contribution in [3.63, 3.8) is 0 Å². The van der Waals surface area contributed by atoms with E-state index >= 15 is 0 Å². The minimum atomic E-state index is 0.519. The normalized spacial score (nSPS) is 10.4. The summed E-state index contributed by atoms with van der Waals surface area (Å²) >= 11 is 0. The number of benzene rings is 2. The number of nitrogens with one attached hydrogen (secondary N) is 2. The van der Waals surface area contributed by atoms with Crippen molar-refractivity contribution >= 4 is 11.8 Å². The Bertz CT molecular complexity index is 751. The second kappa shape index (κ2) is 7.55. The van der Waals surface area contributed by atoms with E-state index in [0.717, 1.165) is 0 Å². The molecule has 0 aliphatic rings. The van der Waals surface area contributed by atoms with Gasteiger partial charge >= 0.3 is 0 Å². The van der Waals surface area contributed by atoms with Gasteiger partial charge in [0.2, 0.25) is 5.95 Å². The van der Waals surface area contributed by atoms with Crippen molar-refractivity contribution in [2.75, 3.05) is 10.6 Å². The van der Waals surface area contributed by atoms with E-state index in [2.05, 4.69) is 82.1 Å². The molecule has 0 bridgehead atoms. The van der Waals surface area contributed by atoms with Crippen molar-refractivity contribution in [2.45, 2.75) is 26.9 Å². The van der Waals surface area contributed by atoms with Crippen molar-refractivity contribution in [3.05, 3.63) is 77.0 Å². The van der Waals surface area contributed by atoms with Crippen molar-refractivity contribution < 1.29 is 0 Å². The molecule has 0 unspecified atom stereocenters. The molecule has 0 radical (unpaired) electrons. The monoisotopic (exact) mass is 319 g/mol. The summed E-state index contributed by atoms with van der Waals surface area (Å²) in [7, 11) is 0. The fraction of sp³-hybridized carbons (Fsp3) is 0.211. The summed E-state index contributed by atoms with van der Waals surface area (Å²) in [6.45, 7) is 5.54. The molecule has 2 N–H and O–H groups in total. The molecule has 0 fully saturated rings. The minimum Gasteiger partial charge on any atom is -0.365 e. The highest BCUT2D eigenvalue weighted by atomic mass is 15.3.